The van der Waals surface area contributed by atoms with Gasteiger partial charge in [-0.05, 0) is 68.7 Å². The lowest BCUT2D eigenvalue weighted by molar-refractivity contribution is -0.0136. The molecule has 158 valence electrons. The zero-order chi connectivity index (χ0) is 19.8. The Labute approximate surface area is 175 Å². The predicted octanol–water partition coefficient (Wildman–Crippen LogP) is 4.28. The van der Waals surface area contributed by atoms with Crippen LogP contribution < -0.4 is 0 Å². The third-order valence-corrected chi connectivity index (χ3v) is 6.96. The highest BCUT2D eigenvalue weighted by atomic mass is 35.5. The molecule has 0 amide bonds. The molecule has 0 spiro atoms. The van der Waals surface area contributed by atoms with E-state index in [2.05, 4.69) is 17.0 Å². The number of hydrogen-bond acceptors (Lipinski definition) is 4. The van der Waals surface area contributed by atoms with Gasteiger partial charge in [-0.1, -0.05) is 30.2 Å². The van der Waals surface area contributed by atoms with Crippen molar-refractivity contribution in [3.63, 3.8) is 0 Å². The molecule has 1 N–H and O–H groups in total. The molecule has 3 fully saturated rings. The molecular formula is C23H36ClNO3. The number of aliphatic hydroxyl groups is 1. The number of hydrogen-bond donors (Lipinski definition) is 1. The summed E-state index contributed by atoms with van der Waals surface area (Å²) >= 11 is 6.06. The highest BCUT2D eigenvalue weighted by molar-refractivity contribution is 6.30. The van der Waals surface area contributed by atoms with Crippen LogP contribution in [0.2, 0.25) is 5.02 Å². The van der Waals surface area contributed by atoms with Crippen molar-refractivity contribution in [1.29, 1.82) is 0 Å². The van der Waals surface area contributed by atoms with Crippen molar-refractivity contribution in [2.24, 2.45) is 5.92 Å². The smallest absolute Gasteiger partial charge is 0.0621 e. The Bertz CT molecular complexity index is 564. The monoisotopic (exact) mass is 409 g/mol. The lowest BCUT2D eigenvalue weighted by Gasteiger charge is -2.50. The van der Waals surface area contributed by atoms with E-state index in [9.17, 15) is 5.11 Å². The maximum atomic E-state index is 9.73. The molecule has 2 aliphatic heterocycles. The molecule has 1 saturated carbocycles. The fraction of sp³-hybridized carbons (Fsp3) is 0.739. The van der Waals surface area contributed by atoms with Crippen LogP contribution in [0.25, 0.3) is 0 Å². The molecular weight excluding hydrogens is 374 g/mol. The molecule has 0 aromatic heterocycles. The molecule has 1 aromatic rings. The molecule has 4 nitrogen and oxygen atoms in total. The van der Waals surface area contributed by atoms with E-state index in [0.717, 1.165) is 37.7 Å². The lowest BCUT2D eigenvalue weighted by Crippen LogP contribution is -2.55. The van der Waals surface area contributed by atoms with Crippen LogP contribution in [0.5, 0.6) is 0 Å². The summed E-state index contributed by atoms with van der Waals surface area (Å²) in [5.41, 5.74) is 1.67. The number of ether oxygens (including phenoxy) is 2. The Morgan fingerprint density at radius 1 is 1.14 bits per heavy atom. The first kappa shape index (κ1) is 22.0. The van der Waals surface area contributed by atoms with Gasteiger partial charge in [-0.3, -0.25) is 4.90 Å². The predicted molar refractivity (Wildman–Crippen MR) is 114 cm³/mol. The fourth-order valence-electron chi connectivity index (χ4n) is 4.88. The first-order chi connectivity index (χ1) is 13.7. The normalized spacial score (nSPS) is 27.0. The molecule has 2 atom stereocenters. The zero-order valence-corrected chi connectivity index (χ0v) is 18.0. The van der Waals surface area contributed by atoms with E-state index in [-0.39, 0.29) is 12.0 Å². The van der Waals surface area contributed by atoms with Gasteiger partial charge in [-0.15, -0.1) is 0 Å². The number of rotatable bonds is 6. The van der Waals surface area contributed by atoms with Crippen molar-refractivity contribution < 1.29 is 14.6 Å². The molecule has 1 aliphatic carbocycles. The van der Waals surface area contributed by atoms with E-state index >= 15 is 0 Å². The molecule has 2 heterocycles. The van der Waals surface area contributed by atoms with Gasteiger partial charge >= 0.3 is 0 Å². The van der Waals surface area contributed by atoms with Crippen LogP contribution in [0.1, 0.15) is 50.5 Å². The second-order valence-corrected chi connectivity index (χ2v) is 8.97. The minimum absolute atomic E-state index is 0.258. The minimum atomic E-state index is 0.258. The van der Waals surface area contributed by atoms with Crippen LogP contribution in [-0.2, 0) is 14.9 Å². The fourth-order valence-corrected chi connectivity index (χ4v) is 5.00. The van der Waals surface area contributed by atoms with Gasteiger partial charge in [0.1, 0.15) is 0 Å². The molecule has 2 saturated heterocycles. The van der Waals surface area contributed by atoms with Crippen molar-refractivity contribution in [1.82, 2.24) is 4.90 Å². The summed E-state index contributed by atoms with van der Waals surface area (Å²) in [4.78, 5) is 2.57. The summed E-state index contributed by atoms with van der Waals surface area (Å²) in [6.07, 6.45) is 8.62. The van der Waals surface area contributed by atoms with Crippen LogP contribution in [0.15, 0.2) is 24.3 Å². The Morgan fingerprint density at radius 2 is 1.86 bits per heavy atom. The van der Waals surface area contributed by atoms with Crippen molar-refractivity contribution >= 4 is 11.6 Å². The molecule has 3 aliphatic rings. The zero-order valence-electron chi connectivity index (χ0n) is 17.2. The largest absolute Gasteiger partial charge is 0.396 e. The Balaban J connectivity index is 0.000000391. The highest BCUT2D eigenvalue weighted by Gasteiger charge is 2.43. The van der Waals surface area contributed by atoms with Gasteiger partial charge < -0.3 is 14.6 Å². The van der Waals surface area contributed by atoms with E-state index < -0.39 is 0 Å². The van der Waals surface area contributed by atoms with E-state index in [1.807, 2.05) is 12.1 Å². The molecule has 1 aromatic carbocycles. The van der Waals surface area contributed by atoms with Crippen molar-refractivity contribution in [3.8, 4) is 0 Å². The van der Waals surface area contributed by atoms with Gasteiger partial charge in [0.25, 0.3) is 0 Å². The maximum absolute atomic E-state index is 9.73. The third-order valence-electron chi connectivity index (χ3n) is 6.71. The molecule has 0 bridgehead atoms. The quantitative estimate of drug-likeness (QED) is 0.761. The second-order valence-electron chi connectivity index (χ2n) is 8.54. The van der Waals surface area contributed by atoms with E-state index in [1.165, 1.54) is 44.1 Å². The summed E-state index contributed by atoms with van der Waals surface area (Å²) in [5, 5.41) is 10.5. The summed E-state index contributed by atoms with van der Waals surface area (Å²) < 4.78 is 10.4. The average molecular weight is 410 g/mol. The average Bonchev–Trinajstić information content (AvgIpc) is 3.27. The maximum Gasteiger partial charge on any atom is 0.0621 e. The summed E-state index contributed by atoms with van der Waals surface area (Å²) in [6, 6.07) is 8.75. The molecule has 28 heavy (non-hydrogen) atoms. The summed E-state index contributed by atoms with van der Waals surface area (Å²) in [5.74, 6) is 0.339. The first-order valence-corrected chi connectivity index (χ1v) is 11.2. The minimum Gasteiger partial charge on any atom is -0.396 e. The van der Waals surface area contributed by atoms with E-state index in [0.29, 0.717) is 18.6 Å². The van der Waals surface area contributed by atoms with E-state index in [1.54, 1.807) is 7.11 Å². The number of nitrogens with zero attached hydrogens (tertiary/aromatic N) is 1. The van der Waals surface area contributed by atoms with Gasteiger partial charge in [-0.25, -0.2) is 0 Å². The third kappa shape index (κ3) is 5.48. The topological polar surface area (TPSA) is 41.9 Å². The molecule has 5 heteroatoms. The summed E-state index contributed by atoms with van der Waals surface area (Å²) in [7, 11) is 1.76. The second kappa shape index (κ2) is 10.9. The van der Waals surface area contributed by atoms with Crippen molar-refractivity contribution in [3.05, 3.63) is 34.9 Å². The molecule has 4 rings (SSSR count). The standard InChI is InChI=1S/C19H28ClNO2.C4H8O/c1-23-13-18-15(12-22)4-2-11-21(18)14-19(9-3-10-19)16-5-7-17(20)8-6-16;1-2-4-5-3-1/h5-8,15,18,22H,2-4,9-14H2,1H3;1-4H2/t15-,18+;/m0./s1. The first-order valence-electron chi connectivity index (χ1n) is 10.9. The number of aliphatic hydroxyl groups excluding tert-OH is 1. The molecule has 0 radical (unpaired) electrons. The van der Waals surface area contributed by atoms with Crippen LogP contribution in [0, 0.1) is 5.92 Å². The van der Waals surface area contributed by atoms with Crippen LogP contribution in [0.4, 0.5) is 0 Å². The van der Waals surface area contributed by atoms with E-state index in [4.69, 9.17) is 21.1 Å². The van der Waals surface area contributed by atoms with Gasteiger partial charge in [0.15, 0.2) is 0 Å². The lowest BCUT2D eigenvalue weighted by atomic mass is 9.63. The van der Waals surface area contributed by atoms with Crippen LogP contribution in [-0.4, -0.2) is 62.7 Å². The van der Waals surface area contributed by atoms with Gasteiger partial charge in [-0.2, -0.15) is 0 Å². The van der Waals surface area contributed by atoms with Crippen molar-refractivity contribution in [2.45, 2.75) is 56.4 Å². The van der Waals surface area contributed by atoms with Crippen LogP contribution in [0.3, 0.4) is 0 Å². The highest BCUT2D eigenvalue weighted by Crippen LogP contribution is 2.45. The Hall–Kier alpha value is -0.650. The number of likely N-dealkylation sites (tertiary alicyclic amines) is 1. The van der Waals surface area contributed by atoms with Crippen LogP contribution >= 0.6 is 11.6 Å². The van der Waals surface area contributed by atoms with Gasteiger partial charge in [0.05, 0.1) is 6.61 Å². The van der Waals surface area contributed by atoms with Crippen molar-refractivity contribution in [2.75, 3.05) is 46.6 Å². The SMILES string of the molecule is C1CCOC1.COC[C@@H]1[C@H](CO)CCCN1CC1(c2ccc(Cl)cc2)CCC1. The summed E-state index contributed by atoms with van der Waals surface area (Å²) in [6.45, 7) is 5.15. The molecule has 0 unspecified atom stereocenters. The Morgan fingerprint density at radius 3 is 2.36 bits per heavy atom. The number of benzene rings is 1. The number of methoxy groups -OCH3 is 1. The number of piperidine rings is 1. The van der Waals surface area contributed by atoms with Gasteiger partial charge in [0, 0.05) is 50.0 Å². The number of halogens is 1. The van der Waals surface area contributed by atoms with Gasteiger partial charge in [0.2, 0.25) is 0 Å². The Kier molecular flexibility index (Phi) is 8.61.